The molecule has 0 fully saturated rings. The van der Waals surface area contributed by atoms with Crippen LogP contribution in [0.15, 0.2) is 43.0 Å². The van der Waals surface area contributed by atoms with E-state index in [4.69, 9.17) is 22.1 Å². The summed E-state index contributed by atoms with van der Waals surface area (Å²) >= 11 is 6.10. The predicted molar refractivity (Wildman–Crippen MR) is 101 cm³/mol. The molecule has 27 heavy (non-hydrogen) atoms. The molecule has 4 rings (SSSR count). The van der Waals surface area contributed by atoms with Crippen LogP contribution < -0.4 is 10.5 Å². The SMILES string of the molecule is Cn1cnc(COc2cc(O)c(-c3cccc(Cl)c3)c3ncnc(N)c23)n1. The van der Waals surface area contributed by atoms with Crippen LogP contribution in [0.25, 0.3) is 22.0 Å². The maximum atomic E-state index is 10.7. The van der Waals surface area contributed by atoms with Crippen molar-refractivity contribution < 1.29 is 9.84 Å². The summed E-state index contributed by atoms with van der Waals surface area (Å²) in [4.78, 5) is 12.5. The van der Waals surface area contributed by atoms with Gasteiger partial charge in [-0.15, -0.1) is 0 Å². The summed E-state index contributed by atoms with van der Waals surface area (Å²) in [6.07, 6.45) is 2.92. The lowest BCUT2D eigenvalue weighted by Gasteiger charge is -2.14. The van der Waals surface area contributed by atoms with E-state index in [9.17, 15) is 5.11 Å². The number of benzene rings is 2. The van der Waals surface area contributed by atoms with Crippen molar-refractivity contribution in [2.45, 2.75) is 6.61 Å². The lowest BCUT2D eigenvalue weighted by molar-refractivity contribution is 0.297. The first kappa shape index (κ1) is 17.0. The molecule has 2 heterocycles. The number of nitrogens with zero attached hydrogens (tertiary/aromatic N) is 5. The maximum Gasteiger partial charge on any atom is 0.188 e. The number of phenols is 1. The van der Waals surface area contributed by atoms with Crippen LogP contribution in [-0.4, -0.2) is 29.8 Å². The number of hydrogen-bond donors (Lipinski definition) is 2. The number of anilines is 1. The Hall–Kier alpha value is -3.39. The van der Waals surface area contributed by atoms with Gasteiger partial charge in [0.2, 0.25) is 0 Å². The van der Waals surface area contributed by atoms with Crippen molar-refractivity contribution in [2.24, 2.45) is 7.05 Å². The molecular weight excluding hydrogens is 368 g/mol. The van der Waals surface area contributed by atoms with E-state index in [0.717, 1.165) is 0 Å². The van der Waals surface area contributed by atoms with Gasteiger partial charge in [0.05, 0.1) is 16.5 Å². The summed E-state index contributed by atoms with van der Waals surface area (Å²) in [5.41, 5.74) is 7.76. The molecule has 0 radical (unpaired) electrons. The largest absolute Gasteiger partial charge is 0.507 e. The number of nitrogen functional groups attached to an aromatic ring is 1. The third-order valence-electron chi connectivity index (χ3n) is 4.00. The highest BCUT2D eigenvalue weighted by Gasteiger charge is 2.19. The summed E-state index contributed by atoms with van der Waals surface area (Å²) < 4.78 is 7.39. The minimum atomic E-state index is -0.00755. The van der Waals surface area contributed by atoms with Crippen LogP contribution in [0.5, 0.6) is 11.5 Å². The Balaban J connectivity index is 1.85. The Kier molecular flexibility index (Phi) is 4.25. The first-order valence-electron chi connectivity index (χ1n) is 8.02. The number of nitrogens with two attached hydrogens (primary N) is 1. The lowest BCUT2D eigenvalue weighted by Crippen LogP contribution is -2.02. The van der Waals surface area contributed by atoms with Gasteiger partial charge in [0.15, 0.2) is 5.82 Å². The number of rotatable bonds is 4. The number of phenolic OH excluding ortho intramolecular Hbond substituents is 1. The molecule has 0 bridgehead atoms. The van der Waals surface area contributed by atoms with Crippen LogP contribution in [0, 0.1) is 0 Å². The average molecular weight is 383 g/mol. The molecular formula is C18H15ClN6O2. The Morgan fingerprint density at radius 2 is 2.07 bits per heavy atom. The highest BCUT2D eigenvalue weighted by Crippen LogP contribution is 2.42. The second-order valence-electron chi connectivity index (χ2n) is 5.88. The smallest absolute Gasteiger partial charge is 0.188 e. The molecule has 2 aromatic heterocycles. The minimum Gasteiger partial charge on any atom is -0.507 e. The normalized spacial score (nSPS) is 11.0. The number of ether oxygens (including phenoxy) is 1. The average Bonchev–Trinajstić information content (AvgIpc) is 3.05. The number of halogens is 1. The lowest BCUT2D eigenvalue weighted by atomic mass is 10.0. The standard InChI is InChI=1S/C18H15ClN6O2/c1-25-9-23-14(24-25)7-27-13-6-12(26)15(10-3-2-4-11(19)5-10)17-16(13)18(20)22-8-21-17/h2-6,8-9,26H,7H2,1H3,(H2,20,21,22). The third kappa shape index (κ3) is 3.22. The van der Waals surface area contributed by atoms with Crippen molar-refractivity contribution in [1.82, 2.24) is 24.7 Å². The molecule has 0 spiro atoms. The summed E-state index contributed by atoms with van der Waals surface area (Å²) in [7, 11) is 1.77. The zero-order chi connectivity index (χ0) is 19.0. The van der Waals surface area contributed by atoms with Crippen molar-refractivity contribution >= 4 is 28.3 Å². The number of fused-ring (bicyclic) bond motifs is 1. The van der Waals surface area contributed by atoms with Crippen LogP contribution in [0.4, 0.5) is 5.82 Å². The molecule has 3 N–H and O–H groups in total. The second-order valence-corrected chi connectivity index (χ2v) is 6.32. The van der Waals surface area contributed by atoms with Crippen molar-refractivity contribution in [3.8, 4) is 22.6 Å². The summed E-state index contributed by atoms with van der Waals surface area (Å²) in [6.45, 7) is 0.111. The molecule has 136 valence electrons. The van der Waals surface area contributed by atoms with Crippen LogP contribution in [0.3, 0.4) is 0 Å². The summed E-state index contributed by atoms with van der Waals surface area (Å²) in [5.74, 6) is 1.08. The van der Waals surface area contributed by atoms with Crippen molar-refractivity contribution in [3.05, 3.63) is 53.8 Å². The molecule has 0 aliphatic carbocycles. The monoisotopic (exact) mass is 382 g/mol. The van der Waals surface area contributed by atoms with Gasteiger partial charge in [-0.05, 0) is 17.7 Å². The van der Waals surface area contributed by atoms with E-state index < -0.39 is 0 Å². The third-order valence-corrected chi connectivity index (χ3v) is 4.24. The van der Waals surface area contributed by atoms with Crippen molar-refractivity contribution in [1.29, 1.82) is 0 Å². The van der Waals surface area contributed by atoms with Gasteiger partial charge in [0.25, 0.3) is 0 Å². The van der Waals surface area contributed by atoms with Gasteiger partial charge >= 0.3 is 0 Å². The summed E-state index contributed by atoms with van der Waals surface area (Å²) in [5, 5.41) is 15.9. The van der Waals surface area contributed by atoms with E-state index in [1.807, 2.05) is 6.07 Å². The molecule has 0 aliphatic heterocycles. The van der Waals surface area contributed by atoms with Crippen molar-refractivity contribution in [2.75, 3.05) is 5.73 Å². The van der Waals surface area contributed by atoms with Gasteiger partial charge in [-0.2, -0.15) is 5.10 Å². The van der Waals surface area contributed by atoms with Gasteiger partial charge in [0, 0.05) is 18.1 Å². The highest BCUT2D eigenvalue weighted by atomic mass is 35.5. The molecule has 0 amide bonds. The molecule has 0 atom stereocenters. The van der Waals surface area contributed by atoms with E-state index >= 15 is 0 Å². The Bertz CT molecular complexity index is 1140. The first-order valence-corrected chi connectivity index (χ1v) is 8.40. The Morgan fingerprint density at radius 1 is 1.22 bits per heavy atom. The number of aryl methyl sites for hydroxylation is 1. The molecule has 4 aromatic rings. The Morgan fingerprint density at radius 3 is 2.81 bits per heavy atom. The van der Waals surface area contributed by atoms with Crippen LogP contribution in [-0.2, 0) is 13.7 Å². The molecule has 8 nitrogen and oxygen atoms in total. The quantitative estimate of drug-likeness (QED) is 0.558. The molecule has 0 saturated carbocycles. The van der Waals surface area contributed by atoms with Gasteiger partial charge in [-0.3, -0.25) is 4.68 Å². The van der Waals surface area contributed by atoms with E-state index in [0.29, 0.717) is 38.6 Å². The predicted octanol–water partition coefficient (Wildman–Crippen LogP) is 2.95. The number of aromatic nitrogens is 5. The maximum absolute atomic E-state index is 10.7. The fourth-order valence-corrected chi connectivity index (χ4v) is 3.05. The van der Waals surface area contributed by atoms with Crippen LogP contribution >= 0.6 is 11.6 Å². The molecule has 9 heteroatoms. The fourth-order valence-electron chi connectivity index (χ4n) is 2.86. The fraction of sp³-hybridized carbons (Fsp3) is 0.111. The second kappa shape index (κ2) is 6.73. The molecule has 2 aromatic carbocycles. The summed E-state index contributed by atoms with van der Waals surface area (Å²) in [6, 6.07) is 8.61. The van der Waals surface area contributed by atoms with Crippen LogP contribution in [0.1, 0.15) is 5.82 Å². The minimum absolute atomic E-state index is 0.00755. The zero-order valence-electron chi connectivity index (χ0n) is 14.3. The zero-order valence-corrected chi connectivity index (χ0v) is 15.1. The van der Waals surface area contributed by atoms with Gasteiger partial charge in [-0.25, -0.2) is 15.0 Å². The molecule has 0 unspecified atom stereocenters. The van der Waals surface area contributed by atoms with Gasteiger partial charge < -0.3 is 15.6 Å². The molecule has 0 aliphatic rings. The molecule has 0 saturated heterocycles. The number of hydrogen-bond acceptors (Lipinski definition) is 7. The van der Waals surface area contributed by atoms with Crippen molar-refractivity contribution in [3.63, 3.8) is 0 Å². The van der Waals surface area contributed by atoms with Gasteiger partial charge in [0.1, 0.15) is 36.6 Å². The van der Waals surface area contributed by atoms with Crippen LogP contribution in [0.2, 0.25) is 5.02 Å². The van der Waals surface area contributed by atoms with E-state index in [1.54, 1.807) is 36.3 Å². The van der Waals surface area contributed by atoms with Gasteiger partial charge in [-0.1, -0.05) is 23.7 Å². The Labute approximate surface area is 159 Å². The van der Waals surface area contributed by atoms with E-state index in [2.05, 4.69) is 20.1 Å². The van der Waals surface area contributed by atoms with E-state index in [-0.39, 0.29) is 18.2 Å². The van der Waals surface area contributed by atoms with E-state index in [1.165, 1.54) is 12.4 Å². The highest BCUT2D eigenvalue weighted by molar-refractivity contribution is 6.31. The first-order chi connectivity index (χ1) is 13.0. The number of aromatic hydroxyl groups is 1. The topological polar surface area (TPSA) is 112 Å².